The Balaban J connectivity index is 2.75. The minimum atomic E-state index is 0.409. The molecule has 0 saturated heterocycles. The summed E-state index contributed by atoms with van der Waals surface area (Å²) in [7, 11) is 2.07. The summed E-state index contributed by atoms with van der Waals surface area (Å²) >= 11 is 0. The molecule has 0 bridgehead atoms. The molecule has 21 heavy (non-hydrogen) atoms. The molecule has 0 amide bonds. The lowest BCUT2D eigenvalue weighted by molar-refractivity contribution is 0.194. The molecule has 0 saturated carbocycles. The summed E-state index contributed by atoms with van der Waals surface area (Å²) in [5.41, 5.74) is 2.84. The molecular formula is C19H34N2. The van der Waals surface area contributed by atoms with Crippen molar-refractivity contribution in [1.29, 1.82) is 0 Å². The minimum absolute atomic E-state index is 0.409. The molecule has 0 aromatic heterocycles. The third kappa shape index (κ3) is 5.80. The van der Waals surface area contributed by atoms with E-state index in [9.17, 15) is 0 Å². The van der Waals surface area contributed by atoms with Crippen LogP contribution in [0.5, 0.6) is 0 Å². The first-order valence-corrected chi connectivity index (χ1v) is 8.51. The highest BCUT2D eigenvalue weighted by molar-refractivity contribution is 5.25. The van der Waals surface area contributed by atoms with Crippen LogP contribution in [-0.2, 0) is 6.42 Å². The molecule has 0 aliphatic heterocycles. The van der Waals surface area contributed by atoms with Crippen molar-refractivity contribution in [2.24, 2.45) is 5.92 Å². The van der Waals surface area contributed by atoms with E-state index in [1.165, 1.54) is 24.0 Å². The molecule has 0 radical (unpaired) electrons. The Morgan fingerprint density at radius 3 is 2.10 bits per heavy atom. The minimum Gasteiger partial charge on any atom is -0.312 e. The largest absolute Gasteiger partial charge is 0.312 e. The summed E-state index contributed by atoms with van der Waals surface area (Å²) in [5, 5.41) is 3.48. The van der Waals surface area contributed by atoms with Gasteiger partial charge < -0.3 is 5.32 Å². The van der Waals surface area contributed by atoms with Crippen LogP contribution in [0.25, 0.3) is 0 Å². The molecular weight excluding hydrogens is 256 g/mol. The van der Waals surface area contributed by atoms with Gasteiger partial charge in [-0.2, -0.15) is 0 Å². The maximum Gasteiger partial charge on any atom is 0.0446 e. The highest BCUT2D eigenvalue weighted by Gasteiger charge is 2.17. The van der Waals surface area contributed by atoms with Gasteiger partial charge >= 0.3 is 0 Å². The first kappa shape index (κ1) is 18.2. The maximum absolute atomic E-state index is 3.48. The van der Waals surface area contributed by atoms with Crippen molar-refractivity contribution in [3.05, 3.63) is 35.4 Å². The van der Waals surface area contributed by atoms with Crippen LogP contribution in [0, 0.1) is 5.92 Å². The second-order valence-electron chi connectivity index (χ2n) is 6.53. The van der Waals surface area contributed by atoms with Crippen molar-refractivity contribution in [3.63, 3.8) is 0 Å². The lowest BCUT2D eigenvalue weighted by Gasteiger charge is -2.31. The summed E-state index contributed by atoms with van der Waals surface area (Å²) in [5.74, 6) is 0.719. The molecule has 0 aliphatic carbocycles. The highest BCUT2D eigenvalue weighted by Crippen LogP contribution is 2.18. The zero-order chi connectivity index (χ0) is 15.8. The quantitative estimate of drug-likeness (QED) is 0.731. The molecule has 1 aromatic carbocycles. The van der Waals surface area contributed by atoms with Gasteiger partial charge in [0, 0.05) is 18.6 Å². The monoisotopic (exact) mass is 290 g/mol. The van der Waals surface area contributed by atoms with Gasteiger partial charge in [-0.05, 0) is 50.4 Å². The first-order valence-electron chi connectivity index (χ1n) is 8.51. The van der Waals surface area contributed by atoms with Gasteiger partial charge in [0.05, 0.1) is 0 Å². The fourth-order valence-electron chi connectivity index (χ4n) is 2.83. The third-order valence-electron chi connectivity index (χ3n) is 4.41. The van der Waals surface area contributed by atoms with Gasteiger partial charge in [-0.3, -0.25) is 4.90 Å². The van der Waals surface area contributed by atoms with Crippen molar-refractivity contribution < 1.29 is 0 Å². The van der Waals surface area contributed by atoms with Crippen LogP contribution in [0.1, 0.15) is 58.2 Å². The molecule has 2 heteroatoms. The summed E-state index contributed by atoms with van der Waals surface area (Å²) < 4.78 is 0. The van der Waals surface area contributed by atoms with Gasteiger partial charge in [0.2, 0.25) is 0 Å². The van der Waals surface area contributed by atoms with E-state index in [1.807, 2.05) is 0 Å². The number of likely N-dealkylation sites (N-methyl/N-ethyl adjacent to an activating group) is 2. The summed E-state index contributed by atoms with van der Waals surface area (Å²) in [6, 6.07) is 10.2. The molecule has 1 rings (SSSR count). The van der Waals surface area contributed by atoms with Crippen LogP contribution in [-0.4, -0.2) is 31.1 Å². The maximum atomic E-state index is 3.48. The van der Waals surface area contributed by atoms with Gasteiger partial charge in [-0.15, -0.1) is 0 Å². The van der Waals surface area contributed by atoms with Gasteiger partial charge in [0.15, 0.2) is 0 Å². The fourth-order valence-corrected chi connectivity index (χ4v) is 2.83. The standard InChI is InChI=1S/C19H34N2/c1-7-16(5)21(8-2)14-19(20-6)18-11-9-17(10-12-18)13-15(3)4/h9-12,15-16,19-20H,7-8,13-14H2,1-6H3. The number of benzene rings is 1. The molecule has 0 aliphatic rings. The van der Waals surface area contributed by atoms with Crippen LogP contribution >= 0.6 is 0 Å². The van der Waals surface area contributed by atoms with Crippen molar-refractivity contribution >= 4 is 0 Å². The molecule has 2 nitrogen and oxygen atoms in total. The van der Waals surface area contributed by atoms with Crippen LogP contribution in [0.15, 0.2) is 24.3 Å². The fraction of sp³-hybridized carbons (Fsp3) is 0.684. The molecule has 1 N–H and O–H groups in total. The van der Waals surface area contributed by atoms with Crippen molar-refractivity contribution in [3.8, 4) is 0 Å². The molecule has 2 atom stereocenters. The van der Waals surface area contributed by atoms with Crippen LogP contribution in [0.2, 0.25) is 0 Å². The SMILES string of the molecule is CCC(C)N(CC)CC(NC)c1ccc(CC(C)C)cc1. The Kier molecular flexibility index (Phi) is 7.98. The topological polar surface area (TPSA) is 15.3 Å². The number of rotatable bonds is 9. The van der Waals surface area contributed by atoms with Gasteiger partial charge in [0.1, 0.15) is 0 Å². The van der Waals surface area contributed by atoms with E-state index in [4.69, 9.17) is 0 Å². The van der Waals surface area contributed by atoms with Gasteiger partial charge in [-0.1, -0.05) is 52.0 Å². The summed E-state index contributed by atoms with van der Waals surface area (Å²) in [6.07, 6.45) is 2.37. The van der Waals surface area contributed by atoms with E-state index in [-0.39, 0.29) is 0 Å². The normalized spacial score (nSPS) is 14.7. The zero-order valence-corrected chi connectivity index (χ0v) is 14.8. The van der Waals surface area contributed by atoms with Crippen LogP contribution in [0.4, 0.5) is 0 Å². The average Bonchev–Trinajstić information content (AvgIpc) is 2.48. The predicted octanol–water partition coefficient (Wildman–Crippen LogP) is 4.27. The number of nitrogens with zero attached hydrogens (tertiary/aromatic N) is 1. The van der Waals surface area contributed by atoms with Gasteiger partial charge in [0.25, 0.3) is 0 Å². The molecule has 2 unspecified atom stereocenters. The number of nitrogens with one attached hydrogen (secondary N) is 1. The van der Waals surface area contributed by atoms with E-state index in [1.54, 1.807) is 0 Å². The van der Waals surface area contributed by atoms with Gasteiger partial charge in [-0.25, -0.2) is 0 Å². The molecule has 120 valence electrons. The smallest absolute Gasteiger partial charge is 0.0446 e. The van der Waals surface area contributed by atoms with E-state index in [2.05, 4.69) is 76.1 Å². The molecule has 0 fully saturated rings. The Hall–Kier alpha value is -0.860. The average molecular weight is 290 g/mol. The Morgan fingerprint density at radius 1 is 1.05 bits per heavy atom. The second-order valence-corrected chi connectivity index (χ2v) is 6.53. The molecule has 0 spiro atoms. The van der Waals surface area contributed by atoms with E-state index < -0.39 is 0 Å². The Labute approximate surface area is 131 Å². The highest BCUT2D eigenvalue weighted by atomic mass is 15.2. The summed E-state index contributed by atoms with van der Waals surface area (Å²) in [4.78, 5) is 2.56. The molecule has 0 heterocycles. The van der Waals surface area contributed by atoms with Crippen LogP contribution < -0.4 is 5.32 Å². The van der Waals surface area contributed by atoms with Crippen molar-refractivity contribution in [2.75, 3.05) is 20.1 Å². The van der Waals surface area contributed by atoms with Crippen molar-refractivity contribution in [2.45, 2.75) is 59.5 Å². The number of hydrogen-bond acceptors (Lipinski definition) is 2. The Morgan fingerprint density at radius 2 is 1.67 bits per heavy atom. The van der Waals surface area contributed by atoms with E-state index in [0.717, 1.165) is 19.0 Å². The third-order valence-corrected chi connectivity index (χ3v) is 4.41. The summed E-state index contributed by atoms with van der Waals surface area (Å²) in [6.45, 7) is 13.6. The number of hydrogen-bond donors (Lipinski definition) is 1. The lowest BCUT2D eigenvalue weighted by atomic mass is 9.99. The lowest BCUT2D eigenvalue weighted by Crippen LogP contribution is -2.39. The predicted molar refractivity (Wildman–Crippen MR) is 93.8 cm³/mol. The first-order chi connectivity index (χ1) is 10.0. The zero-order valence-electron chi connectivity index (χ0n) is 14.8. The van der Waals surface area contributed by atoms with E-state index >= 15 is 0 Å². The van der Waals surface area contributed by atoms with Crippen molar-refractivity contribution in [1.82, 2.24) is 10.2 Å². The Bertz CT molecular complexity index is 383. The van der Waals surface area contributed by atoms with E-state index in [0.29, 0.717) is 12.1 Å². The van der Waals surface area contributed by atoms with Crippen LogP contribution in [0.3, 0.4) is 0 Å². The molecule has 1 aromatic rings. The second kappa shape index (κ2) is 9.22.